The van der Waals surface area contributed by atoms with E-state index in [2.05, 4.69) is 9.97 Å². The molecule has 0 aliphatic heterocycles. The van der Waals surface area contributed by atoms with Crippen LogP contribution in [0.2, 0.25) is 0 Å². The van der Waals surface area contributed by atoms with Gasteiger partial charge in [-0.1, -0.05) is 53.7 Å². The summed E-state index contributed by atoms with van der Waals surface area (Å²) < 4.78 is 159. The van der Waals surface area contributed by atoms with Crippen molar-refractivity contribution in [3.63, 3.8) is 0 Å². The minimum Gasteiger partial charge on any atom is -0.440 e. The summed E-state index contributed by atoms with van der Waals surface area (Å²) in [5, 5.41) is 0. The van der Waals surface area contributed by atoms with Crippen LogP contribution in [0.1, 0.15) is 64.1 Å². The quantitative estimate of drug-likeness (QED) is 0.111. The van der Waals surface area contributed by atoms with Crippen molar-refractivity contribution in [1.29, 1.82) is 0 Å². The molecule has 0 saturated carbocycles. The molecule has 0 spiro atoms. The molecule has 5 rings (SSSR count). The van der Waals surface area contributed by atoms with Crippen molar-refractivity contribution in [3.05, 3.63) is 82.2 Å². The first-order valence-corrected chi connectivity index (χ1v) is 13.3. The van der Waals surface area contributed by atoms with Gasteiger partial charge in [0, 0.05) is 11.0 Å². The van der Waals surface area contributed by atoms with Crippen LogP contribution in [0, 0.1) is 23.3 Å². The van der Waals surface area contributed by atoms with Crippen molar-refractivity contribution in [2.45, 2.75) is 70.1 Å². The molecule has 240 valence electrons. The van der Waals surface area contributed by atoms with Gasteiger partial charge in [0.1, 0.15) is 22.4 Å². The lowest BCUT2D eigenvalue weighted by molar-refractivity contribution is -0.288. The maximum absolute atomic E-state index is 15.4. The van der Waals surface area contributed by atoms with Crippen LogP contribution in [0.3, 0.4) is 0 Å². The van der Waals surface area contributed by atoms with Gasteiger partial charge >= 0.3 is 12.4 Å². The van der Waals surface area contributed by atoms with E-state index in [1.54, 1.807) is 20.8 Å². The number of rotatable bonds is 3. The van der Waals surface area contributed by atoms with Crippen LogP contribution in [0.5, 0.6) is 0 Å². The van der Waals surface area contributed by atoms with Crippen molar-refractivity contribution in [2.75, 3.05) is 0 Å². The van der Waals surface area contributed by atoms with Gasteiger partial charge in [-0.15, -0.1) is 0 Å². The van der Waals surface area contributed by atoms with Crippen molar-refractivity contribution < 1.29 is 52.7 Å². The largest absolute Gasteiger partial charge is 0.440 e. The molecule has 0 fully saturated rings. The molecule has 2 aromatic heterocycles. The van der Waals surface area contributed by atoms with Gasteiger partial charge in [0.25, 0.3) is 0 Å². The Morgan fingerprint density at radius 2 is 1.04 bits per heavy atom. The third kappa shape index (κ3) is 4.92. The number of aromatic nitrogens is 2. The molecule has 3 aromatic carbocycles. The van der Waals surface area contributed by atoms with E-state index in [0.29, 0.717) is 30.3 Å². The number of alkyl halides is 6. The lowest BCUT2D eigenvalue weighted by Crippen LogP contribution is -2.54. The summed E-state index contributed by atoms with van der Waals surface area (Å²) in [6, 6.07) is 3.82. The van der Waals surface area contributed by atoms with Crippen LogP contribution in [0.25, 0.3) is 33.7 Å². The molecule has 0 amide bonds. The fraction of sp³-hybridized carbons (Fsp3) is 0.355. The molecule has 0 aliphatic carbocycles. The maximum Gasteiger partial charge on any atom is 0.411 e. The van der Waals surface area contributed by atoms with Gasteiger partial charge < -0.3 is 8.83 Å². The zero-order chi connectivity index (χ0) is 33.7. The molecule has 0 unspecified atom stereocenters. The fourth-order valence-electron chi connectivity index (χ4n) is 5.21. The second-order valence-corrected chi connectivity index (χ2v) is 12.7. The average molecular weight is 647 g/mol. The molecule has 0 N–H and O–H groups in total. The summed E-state index contributed by atoms with van der Waals surface area (Å²) in [5.74, 6) is -8.45. The van der Waals surface area contributed by atoms with Crippen molar-refractivity contribution in [1.82, 2.24) is 9.97 Å². The number of hydrogen-bond donors (Lipinski definition) is 0. The average Bonchev–Trinajstić information content (AvgIpc) is 3.49. The minimum atomic E-state index is -5.99. The van der Waals surface area contributed by atoms with Gasteiger partial charge in [0.15, 0.2) is 28.6 Å². The van der Waals surface area contributed by atoms with Gasteiger partial charge in [-0.3, -0.25) is 0 Å². The SMILES string of the molecule is CC(C)(C)c1nc2cc(C(c3ccc4oc(-c5c(F)c(F)c(F)c(C(C)(C)C)c5F)nc4c3)(C(F)(F)F)C(F)(F)F)ccc2o1. The Hall–Kier alpha value is -4.10. The van der Waals surface area contributed by atoms with E-state index < -0.39 is 91.1 Å². The molecule has 45 heavy (non-hydrogen) atoms. The number of fused-ring (bicyclic) bond motifs is 2. The van der Waals surface area contributed by atoms with Gasteiger partial charge in [-0.2, -0.15) is 26.3 Å². The molecule has 0 saturated heterocycles. The molecular formula is C31H24F10N2O2. The third-order valence-corrected chi connectivity index (χ3v) is 7.36. The number of hydrogen-bond acceptors (Lipinski definition) is 4. The number of benzene rings is 3. The molecule has 4 nitrogen and oxygen atoms in total. The predicted molar refractivity (Wildman–Crippen MR) is 144 cm³/mol. The third-order valence-electron chi connectivity index (χ3n) is 7.36. The first kappa shape index (κ1) is 32.3. The zero-order valence-electron chi connectivity index (χ0n) is 24.5. The first-order valence-electron chi connectivity index (χ1n) is 13.3. The Morgan fingerprint density at radius 1 is 0.556 bits per heavy atom. The Kier molecular flexibility index (Phi) is 7.14. The van der Waals surface area contributed by atoms with Gasteiger partial charge in [-0.05, 0) is 40.8 Å². The topological polar surface area (TPSA) is 52.1 Å². The van der Waals surface area contributed by atoms with Gasteiger partial charge in [0.05, 0.1) is 0 Å². The molecule has 14 heteroatoms. The number of nitrogens with zero attached hydrogens (tertiary/aromatic N) is 2. The van der Waals surface area contributed by atoms with Crippen LogP contribution in [-0.4, -0.2) is 22.3 Å². The zero-order valence-corrected chi connectivity index (χ0v) is 24.5. The van der Waals surface area contributed by atoms with Crippen LogP contribution in [0.4, 0.5) is 43.9 Å². The Labute approximate surface area is 249 Å². The first-order chi connectivity index (χ1) is 20.5. The minimum absolute atomic E-state index is 0.0382. The predicted octanol–water partition coefficient (Wildman–Crippen LogP) is 10.2. The van der Waals surface area contributed by atoms with E-state index in [4.69, 9.17) is 8.83 Å². The smallest absolute Gasteiger partial charge is 0.411 e. The van der Waals surface area contributed by atoms with E-state index >= 15 is 4.39 Å². The van der Waals surface area contributed by atoms with Gasteiger partial charge in [0.2, 0.25) is 17.2 Å². The number of oxazole rings is 2. The molecule has 0 bridgehead atoms. The summed E-state index contributed by atoms with van der Waals surface area (Å²) in [5.41, 5.74) is -12.9. The summed E-state index contributed by atoms with van der Waals surface area (Å²) in [7, 11) is 0. The maximum atomic E-state index is 15.4. The summed E-state index contributed by atoms with van der Waals surface area (Å²) in [6.45, 7) is 9.00. The Balaban J connectivity index is 1.77. The molecule has 0 radical (unpaired) electrons. The monoisotopic (exact) mass is 646 g/mol. The Bertz CT molecular complexity index is 1940. The second kappa shape index (κ2) is 9.95. The van der Waals surface area contributed by atoms with Gasteiger partial charge in [-0.25, -0.2) is 27.5 Å². The molecule has 2 heterocycles. The van der Waals surface area contributed by atoms with Crippen LogP contribution >= 0.6 is 0 Å². The molecule has 5 aromatic rings. The normalized spacial score (nSPS) is 13.8. The van der Waals surface area contributed by atoms with E-state index in [-0.39, 0.29) is 17.0 Å². The van der Waals surface area contributed by atoms with Crippen LogP contribution in [-0.2, 0) is 16.2 Å². The lowest BCUT2D eigenvalue weighted by atomic mass is 9.72. The van der Waals surface area contributed by atoms with E-state index in [0.717, 1.165) is 6.07 Å². The van der Waals surface area contributed by atoms with Crippen molar-refractivity contribution >= 4 is 22.2 Å². The fourth-order valence-corrected chi connectivity index (χ4v) is 5.21. The molecular weight excluding hydrogens is 622 g/mol. The molecule has 0 atom stereocenters. The van der Waals surface area contributed by atoms with Crippen LogP contribution < -0.4 is 0 Å². The highest BCUT2D eigenvalue weighted by Crippen LogP contribution is 2.57. The lowest BCUT2D eigenvalue weighted by Gasteiger charge is -2.38. The highest BCUT2D eigenvalue weighted by atomic mass is 19.4. The summed E-state index contributed by atoms with van der Waals surface area (Å²) in [6.07, 6.45) is -12.0. The Morgan fingerprint density at radius 3 is 1.51 bits per heavy atom. The highest BCUT2D eigenvalue weighted by Gasteiger charge is 2.72. The van der Waals surface area contributed by atoms with Crippen molar-refractivity contribution in [3.8, 4) is 11.5 Å². The summed E-state index contributed by atoms with van der Waals surface area (Å²) in [4.78, 5) is 7.81. The molecule has 0 aliphatic rings. The summed E-state index contributed by atoms with van der Waals surface area (Å²) >= 11 is 0. The van der Waals surface area contributed by atoms with Crippen molar-refractivity contribution in [2.24, 2.45) is 0 Å². The second-order valence-electron chi connectivity index (χ2n) is 12.7. The number of halogens is 10. The standard InChI is InChI=1S/C31H24F10N2O2/c1-27(2,3)20-21(32)19(22(33)24(35)23(20)34)25-42-15-11-13(7-9-17(15)44-25)29(30(36,37)38,31(39,40)41)14-8-10-18-16(12-14)43-26(45-18)28(4,5)6/h7-12H,1-6H3. The van der Waals surface area contributed by atoms with E-state index in [1.165, 1.54) is 20.8 Å². The van der Waals surface area contributed by atoms with E-state index in [1.807, 2.05) is 0 Å². The van der Waals surface area contributed by atoms with Crippen LogP contribution in [0.15, 0.2) is 45.2 Å². The van der Waals surface area contributed by atoms with E-state index in [9.17, 15) is 39.5 Å². The highest BCUT2D eigenvalue weighted by molar-refractivity contribution is 5.79.